The Bertz CT molecular complexity index is 891. The number of anilines is 1. The molecule has 0 spiro atoms. The lowest BCUT2D eigenvalue weighted by atomic mass is 10.2. The van der Waals surface area contributed by atoms with Crippen LogP contribution in [0.25, 0.3) is 11.4 Å². The van der Waals surface area contributed by atoms with E-state index >= 15 is 0 Å². The number of hydrogen-bond donors (Lipinski definition) is 1. The molecule has 1 aromatic carbocycles. The van der Waals surface area contributed by atoms with Crippen LogP contribution in [-0.2, 0) is 0 Å². The Morgan fingerprint density at radius 3 is 2.60 bits per heavy atom. The molecule has 0 unspecified atom stereocenters. The summed E-state index contributed by atoms with van der Waals surface area (Å²) in [6.45, 7) is 6.25. The Hall–Kier alpha value is -2.80. The maximum Gasteiger partial charge on any atom is 0.216 e. The van der Waals surface area contributed by atoms with Crippen molar-refractivity contribution < 1.29 is 0 Å². The van der Waals surface area contributed by atoms with Gasteiger partial charge < -0.3 is 4.90 Å². The summed E-state index contributed by atoms with van der Waals surface area (Å²) in [7, 11) is 0. The van der Waals surface area contributed by atoms with Crippen LogP contribution in [0.5, 0.6) is 0 Å². The van der Waals surface area contributed by atoms with E-state index in [0.717, 1.165) is 24.2 Å². The van der Waals surface area contributed by atoms with Crippen molar-refractivity contribution >= 4 is 24.1 Å². The molecule has 0 saturated carbocycles. The van der Waals surface area contributed by atoms with Crippen molar-refractivity contribution in [2.24, 2.45) is 5.10 Å². The lowest BCUT2D eigenvalue weighted by Gasteiger charge is -2.20. The smallest absolute Gasteiger partial charge is 0.216 e. The average molecular weight is 352 g/mol. The van der Waals surface area contributed by atoms with Crippen LogP contribution >= 0.6 is 12.2 Å². The number of H-pyrrole nitrogens is 1. The molecule has 0 aliphatic carbocycles. The third-order valence-corrected chi connectivity index (χ3v) is 4.18. The molecule has 0 radical (unpaired) electrons. The lowest BCUT2D eigenvalue weighted by molar-refractivity contribution is 0.864. The number of pyridine rings is 1. The molecule has 25 heavy (non-hydrogen) atoms. The second-order valence-corrected chi connectivity index (χ2v) is 5.80. The molecule has 0 amide bonds. The molecule has 3 rings (SSSR count). The second-order valence-electron chi connectivity index (χ2n) is 5.41. The van der Waals surface area contributed by atoms with Gasteiger partial charge in [0, 0.05) is 42.3 Å². The quantitative estimate of drug-likeness (QED) is 0.542. The van der Waals surface area contributed by atoms with E-state index < -0.39 is 0 Å². The van der Waals surface area contributed by atoms with E-state index in [1.807, 2.05) is 24.3 Å². The Kier molecular flexibility index (Phi) is 5.35. The molecule has 2 aromatic heterocycles. The predicted octanol–water partition coefficient (Wildman–Crippen LogP) is 3.73. The van der Waals surface area contributed by atoms with E-state index in [9.17, 15) is 0 Å². The van der Waals surface area contributed by atoms with Gasteiger partial charge in [0.2, 0.25) is 4.77 Å². The molecular weight excluding hydrogens is 332 g/mol. The van der Waals surface area contributed by atoms with Crippen LogP contribution in [0.2, 0.25) is 0 Å². The summed E-state index contributed by atoms with van der Waals surface area (Å²) in [5.41, 5.74) is 3.04. The SMILES string of the molecule is CCN(CC)c1ccc(-c2n[nH]c(=S)n2N=Cc2cccnc2)cc1. The van der Waals surface area contributed by atoms with Gasteiger partial charge in [-0.2, -0.15) is 14.9 Å². The summed E-state index contributed by atoms with van der Waals surface area (Å²) in [5, 5.41) is 11.6. The maximum atomic E-state index is 5.30. The van der Waals surface area contributed by atoms with Crippen molar-refractivity contribution in [3.8, 4) is 11.4 Å². The summed E-state index contributed by atoms with van der Waals surface area (Å²) in [5.74, 6) is 0.677. The summed E-state index contributed by atoms with van der Waals surface area (Å²) >= 11 is 5.30. The normalized spacial score (nSPS) is 11.1. The number of nitrogens with zero attached hydrogens (tertiary/aromatic N) is 5. The molecule has 0 bridgehead atoms. The number of aromatic nitrogens is 4. The van der Waals surface area contributed by atoms with Gasteiger partial charge in [0.25, 0.3) is 0 Å². The van der Waals surface area contributed by atoms with Gasteiger partial charge >= 0.3 is 0 Å². The standard InChI is InChI=1S/C18H20N6S/c1-3-23(4-2)16-9-7-15(8-10-16)17-21-22-18(25)24(17)20-13-14-6-5-11-19-12-14/h5-13H,3-4H2,1-2H3,(H,22,25). The molecule has 7 heteroatoms. The van der Waals surface area contributed by atoms with Crippen molar-refractivity contribution in [3.05, 3.63) is 59.1 Å². The van der Waals surface area contributed by atoms with Gasteiger partial charge in [0.15, 0.2) is 5.82 Å². The van der Waals surface area contributed by atoms with Crippen LogP contribution in [0.4, 0.5) is 5.69 Å². The monoisotopic (exact) mass is 352 g/mol. The molecule has 0 atom stereocenters. The van der Waals surface area contributed by atoms with Gasteiger partial charge in [-0.05, 0) is 56.4 Å². The highest BCUT2D eigenvalue weighted by atomic mass is 32.1. The third kappa shape index (κ3) is 3.83. The summed E-state index contributed by atoms with van der Waals surface area (Å²) in [6, 6.07) is 12.1. The van der Waals surface area contributed by atoms with E-state index in [4.69, 9.17) is 12.2 Å². The van der Waals surface area contributed by atoms with Gasteiger partial charge in [-0.25, -0.2) is 5.10 Å². The molecule has 6 nitrogen and oxygen atoms in total. The first-order chi connectivity index (χ1) is 12.2. The van der Waals surface area contributed by atoms with Crippen molar-refractivity contribution in [2.45, 2.75) is 13.8 Å². The van der Waals surface area contributed by atoms with Crippen molar-refractivity contribution in [2.75, 3.05) is 18.0 Å². The van der Waals surface area contributed by atoms with Crippen LogP contribution in [-0.4, -0.2) is 39.2 Å². The molecule has 3 aromatic rings. The highest BCUT2D eigenvalue weighted by Crippen LogP contribution is 2.22. The van der Waals surface area contributed by atoms with E-state index in [-0.39, 0.29) is 0 Å². The van der Waals surface area contributed by atoms with Gasteiger partial charge in [-0.15, -0.1) is 0 Å². The fourth-order valence-corrected chi connectivity index (χ4v) is 2.75. The number of hydrogen-bond acceptors (Lipinski definition) is 5. The van der Waals surface area contributed by atoms with Gasteiger partial charge in [0.1, 0.15) is 0 Å². The van der Waals surface area contributed by atoms with Crippen LogP contribution in [0.3, 0.4) is 0 Å². The highest BCUT2D eigenvalue weighted by Gasteiger charge is 2.09. The summed E-state index contributed by atoms with van der Waals surface area (Å²) in [4.78, 5) is 6.37. The van der Waals surface area contributed by atoms with Crippen molar-refractivity contribution in [1.82, 2.24) is 19.9 Å². The summed E-state index contributed by atoms with van der Waals surface area (Å²) in [6.07, 6.45) is 5.18. The molecule has 2 heterocycles. The minimum Gasteiger partial charge on any atom is -0.372 e. The van der Waals surface area contributed by atoms with Crippen LogP contribution < -0.4 is 4.90 Å². The first-order valence-electron chi connectivity index (χ1n) is 8.20. The van der Waals surface area contributed by atoms with E-state index in [1.165, 1.54) is 5.69 Å². The molecule has 0 fully saturated rings. The highest BCUT2D eigenvalue weighted by molar-refractivity contribution is 7.71. The Morgan fingerprint density at radius 2 is 1.96 bits per heavy atom. The zero-order chi connectivity index (χ0) is 17.6. The van der Waals surface area contributed by atoms with Crippen LogP contribution in [0, 0.1) is 4.77 Å². The first kappa shape index (κ1) is 17.0. The zero-order valence-corrected chi connectivity index (χ0v) is 15.1. The number of benzene rings is 1. The average Bonchev–Trinajstić information content (AvgIpc) is 3.03. The topological polar surface area (TPSA) is 62.1 Å². The number of nitrogens with one attached hydrogen (secondary N) is 1. The molecule has 128 valence electrons. The first-order valence-corrected chi connectivity index (χ1v) is 8.61. The maximum absolute atomic E-state index is 5.30. The summed E-state index contributed by atoms with van der Waals surface area (Å²) < 4.78 is 2.07. The zero-order valence-electron chi connectivity index (χ0n) is 14.3. The second kappa shape index (κ2) is 7.85. The van der Waals surface area contributed by atoms with Gasteiger partial charge in [-0.3, -0.25) is 4.98 Å². The van der Waals surface area contributed by atoms with Crippen molar-refractivity contribution in [1.29, 1.82) is 0 Å². The van der Waals surface area contributed by atoms with Crippen molar-refractivity contribution in [3.63, 3.8) is 0 Å². The van der Waals surface area contributed by atoms with E-state index in [1.54, 1.807) is 23.3 Å². The molecule has 1 N–H and O–H groups in total. The van der Waals surface area contributed by atoms with Crippen LogP contribution in [0.15, 0.2) is 53.9 Å². The molecule has 0 aliphatic heterocycles. The lowest BCUT2D eigenvalue weighted by Crippen LogP contribution is -2.21. The van der Waals surface area contributed by atoms with E-state index in [2.05, 4.69) is 51.2 Å². The Balaban J connectivity index is 1.91. The Morgan fingerprint density at radius 1 is 1.20 bits per heavy atom. The molecule has 0 aliphatic rings. The third-order valence-electron chi connectivity index (χ3n) is 3.91. The Labute approximate surface area is 151 Å². The predicted molar refractivity (Wildman–Crippen MR) is 104 cm³/mol. The molecule has 0 saturated heterocycles. The van der Waals surface area contributed by atoms with E-state index in [0.29, 0.717) is 10.6 Å². The number of aromatic amines is 1. The fraction of sp³-hybridized carbons (Fsp3) is 0.222. The minimum absolute atomic E-state index is 0.447. The largest absolute Gasteiger partial charge is 0.372 e. The van der Waals surface area contributed by atoms with Gasteiger partial charge in [-0.1, -0.05) is 6.07 Å². The van der Waals surface area contributed by atoms with Crippen LogP contribution in [0.1, 0.15) is 19.4 Å². The van der Waals surface area contributed by atoms with Gasteiger partial charge in [0.05, 0.1) is 6.21 Å². The number of rotatable bonds is 6. The fourth-order valence-electron chi connectivity index (χ4n) is 2.57. The minimum atomic E-state index is 0.447. The molecular formula is C18H20N6S.